The minimum absolute atomic E-state index is 0.597. The van der Waals surface area contributed by atoms with Gasteiger partial charge in [-0.1, -0.05) is 164 Å². The highest BCUT2D eigenvalue weighted by atomic mass is 32.1. The molecule has 0 spiro atoms. The van der Waals surface area contributed by atoms with Crippen molar-refractivity contribution in [3.8, 4) is 67.5 Å². The van der Waals surface area contributed by atoms with E-state index < -0.39 is 0 Å². The lowest BCUT2D eigenvalue weighted by Crippen LogP contribution is -2.00. The number of rotatable bonds is 6. The molecule has 0 fully saturated rings. The first-order valence-corrected chi connectivity index (χ1v) is 19.5. The Morgan fingerprint density at radius 1 is 0.339 bits per heavy atom. The smallest absolute Gasteiger partial charge is 0.164 e. The molecule has 0 bridgehead atoms. The molecule has 0 aliphatic heterocycles. The second-order valence-corrected chi connectivity index (χ2v) is 15.0. The van der Waals surface area contributed by atoms with Gasteiger partial charge in [-0.3, -0.25) is 0 Å². The number of hydrogen-bond donors (Lipinski definition) is 0. The predicted molar refractivity (Wildman–Crippen MR) is 233 cm³/mol. The number of thiophene rings is 1. The molecule has 0 aliphatic rings. The van der Waals surface area contributed by atoms with Crippen LogP contribution in [0.2, 0.25) is 0 Å². The van der Waals surface area contributed by atoms with Gasteiger partial charge < -0.3 is 4.42 Å². The lowest BCUT2D eigenvalue weighted by atomic mass is 9.96. The van der Waals surface area contributed by atoms with Crippen LogP contribution in [0.5, 0.6) is 0 Å². The van der Waals surface area contributed by atoms with E-state index in [9.17, 15) is 0 Å². The number of fused-ring (bicyclic) bond motifs is 6. The quantitative estimate of drug-likeness (QED) is 0.171. The summed E-state index contributed by atoms with van der Waals surface area (Å²) in [7, 11) is 0. The molecule has 4 nitrogen and oxygen atoms in total. The highest BCUT2D eigenvalue weighted by Gasteiger charge is 2.20. The van der Waals surface area contributed by atoms with Gasteiger partial charge in [0.05, 0.1) is 0 Å². The molecule has 56 heavy (non-hydrogen) atoms. The van der Waals surface area contributed by atoms with Crippen molar-refractivity contribution in [2.24, 2.45) is 0 Å². The van der Waals surface area contributed by atoms with E-state index >= 15 is 0 Å². The molecule has 3 heterocycles. The van der Waals surface area contributed by atoms with E-state index in [0.29, 0.717) is 17.5 Å². The molecule has 5 heteroatoms. The van der Waals surface area contributed by atoms with E-state index in [2.05, 4.69) is 140 Å². The minimum atomic E-state index is 0.597. The van der Waals surface area contributed by atoms with Crippen LogP contribution in [0.3, 0.4) is 0 Å². The maximum Gasteiger partial charge on any atom is 0.164 e. The summed E-state index contributed by atoms with van der Waals surface area (Å²) in [5, 5.41) is 4.53. The van der Waals surface area contributed by atoms with Gasteiger partial charge in [0.1, 0.15) is 11.2 Å². The topological polar surface area (TPSA) is 51.8 Å². The molecule has 8 aromatic carbocycles. The van der Waals surface area contributed by atoms with Gasteiger partial charge in [-0.05, 0) is 52.1 Å². The lowest BCUT2D eigenvalue weighted by molar-refractivity contribution is 0.670. The van der Waals surface area contributed by atoms with Crippen molar-refractivity contribution in [1.29, 1.82) is 0 Å². The fourth-order valence-corrected chi connectivity index (χ4v) is 9.01. The highest BCUT2D eigenvalue weighted by molar-refractivity contribution is 7.26. The zero-order valence-electron chi connectivity index (χ0n) is 30.1. The molecule has 0 saturated heterocycles. The zero-order valence-corrected chi connectivity index (χ0v) is 30.9. The first-order valence-electron chi connectivity index (χ1n) is 18.7. The number of benzene rings is 8. The Bertz CT molecular complexity index is 3230. The number of hydrogen-bond acceptors (Lipinski definition) is 5. The third-order valence-corrected chi connectivity index (χ3v) is 11.7. The van der Waals surface area contributed by atoms with Crippen molar-refractivity contribution in [2.75, 3.05) is 0 Å². The predicted octanol–water partition coefficient (Wildman–Crippen LogP) is 14.1. The molecule has 0 amide bonds. The molecule has 0 radical (unpaired) electrons. The average Bonchev–Trinajstić information content (AvgIpc) is 3.86. The molecular formula is C51H31N3OS. The second-order valence-electron chi connectivity index (χ2n) is 13.9. The van der Waals surface area contributed by atoms with Crippen LogP contribution in [0.1, 0.15) is 0 Å². The molecule has 0 N–H and O–H groups in total. The maximum atomic E-state index is 6.79. The van der Waals surface area contributed by atoms with Crippen molar-refractivity contribution in [2.45, 2.75) is 0 Å². The highest BCUT2D eigenvalue weighted by Crippen LogP contribution is 2.44. The number of aromatic nitrogens is 3. The SMILES string of the molecule is c1ccc(-c2ccc(-c3nc(-c4ccccc4)nc(-c4cccc5oc6c(-c7ccc8sc9cccc(-c%10ccccc%10)c9c8c7)cccc6c45)n3)cc2)cc1. The van der Waals surface area contributed by atoms with Crippen LogP contribution in [-0.2, 0) is 0 Å². The van der Waals surface area contributed by atoms with E-state index in [1.54, 1.807) is 0 Å². The van der Waals surface area contributed by atoms with Crippen LogP contribution in [0.4, 0.5) is 0 Å². The van der Waals surface area contributed by atoms with Gasteiger partial charge in [-0.2, -0.15) is 0 Å². The Kier molecular flexibility index (Phi) is 7.64. The summed E-state index contributed by atoms with van der Waals surface area (Å²) in [4.78, 5) is 15.3. The van der Waals surface area contributed by atoms with E-state index in [1.807, 2.05) is 59.9 Å². The van der Waals surface area contributed by atoms with Crippen molar-refractivity contribution in [3.63, 3.8) is 0 Å². The van der Waals surface area contributed by atoms with Gasteiger partial charge in [0.2, 0.25) is 0 Å². The van der Waals surface area contributed by atoms with E-state index in [4.69, 9.17) is 19.4 Å². The first-order chi connectivity index (χ1) is 27.7. The van der Waals surface area contributed by atoms with Crippen LogP contribution in [0.15, 0.2) is 192 Å². The Hall–Kier alpha value is -7.21. The van der Waals surface area contributed by atoms with Crippen LogP contribution < -0.4 is 0 Å². The van der Waals surface area contributed by atoms with Crippen molar-refractivity contribution < 1.29 is 4.42 Å². The van der Waals surface area contributed by atoms with Gasteiger partial charge in [0.25, 0.3) is 0 Å². The maximum absolute atomic E-state index is 6.79. The van der Waals surface area contributed by atoms with Crippen LogP contribution >= 0.6 is 11.3 Å². The molecule has 11 rings (SSSR count). The van der Waals surface area contributed by atoms with Gasteiger partial charge in [0, 0.05) is 53.2 Å². The van der Waals surface area contributed by atoms with Gasteiger partial charge in [-0.25, -0.2) is 15.0 Å². The average molecular weight is 734 g/mol. The molecule has 0 aliphatic carbocycles. The summed E-state index contributed by atoms with van der Waals surface area (Å²) >= 11 is 1.84. The van der Waals surface area contributed by atoms with Gasteiger partial charge >= 0.3 is 0 Å². The molecular weight excluding hydrogens is 703 g/mol. The van der Waals surface area contributed by atoms with Gasteiger partial charge in [-0.15, -0.1) is 11.3 Å². The third-order valence-electron chi connectivity index (χ3n) is 10.6. The summed E-state index contributed by atoms with van der Waals surface area (Å²) in [5.74, 6) is 1.83. The Balaban J connectivity index is 1.07. The van der Waals surface area contributed by atoms with Gasteiger partial charge in [0.15, 0.2) is 17.5 Å². The van der Waals surface area contributed by atoms with Crippen molar-refractivity contribution in [1.82, 2.24) is 15.0 Å². The third kappa shape index (κ3) is 5.48. The Labute approximate surface area is 327 Å². The number of furan rings is 1. The zero-order chi connectivity index (χ0) is 37.0. The molecule has 0 saturated carbocycles. The Morgan fingerprint density at radius 3 is 1.64 bits per heavy atom. The fourth-order valence-electron chi connectivity index (χ4n) is 7.90. The second kappa shape index (κ2) is 13.3. The molecule has 3 aromatic heterocycles. The van der Waals surface area contributed by atoms with Crippen LogP contribution in [0, 0.1) is 0 Å². The van der Waals surface area contributed by atoms with E-state index in [-0.39, 0.29) is 0 Å². The molecule has 0 atom stereocenters. The normalized spacial score (nSPS) is 11.6. The summed E-state index contributed by atoms with van der Waals surface area (Å²) in [6, 6.07) is 65.6. The van der Waals surface area contributed by atoms with E-state index in [0.717, 1.165) is 55.3 Å². The summed E-state index contributed by atoms with van der Waals surface area (Å²) in [6.45, 7) is 0. The summed E-state index contributed by atoms with van der Waals surface area (Å²) < 4.78 is 9.34. The Morgan fingerprint density at radius 2 is 0.893 bits per heavy atom. The minimum Gasteiger partial charge on any atom is -0.455 e. The lowest BCUT2D eigenvalue weighted by Gasteiger charge is -2.10. The van der Waals surface area contributed by atoms with Crippen LogP contribution in [-0.4, -0.2) is 15.0 Å². The van der Waals surface area contributed by atoms with Crippen molar-refractivity contribution >= 4 is 53.4 Å². The van der Waals surface area contributed by atoms with Crippen LogP contribution in [0.25, 0.3) is 110 Å². The first kappa shape index (κ1) is 32.2. The largest absolute Gasteiger partial charge is 0.455 e. The standard InChI is InChI=1S/C51H31N3OS/c1-4-13-32(14-5-1)33-25-27-36(28-26-33)50-52-49(35-17-8-3-9-18-35)53-51(54-50)41-22-11-23-43-46(41)40-21-10-20-39(48(40)55-43)37-29-30-44-42(31-37)47-38(19-12-24-45(47)56-44)34-15-6-2-7-16-34/h1-31H. The summed E-state index contributed by atoms with van der Waals surface area (Å²) in [6.07, 6.45) is 0. The van der Waals surface area contributed by atoms with E-state index in [1.165, 1.54) is 36.9 Å². The monoisotopic (exact) mass is 733 g/mol. The van der Waals surface area contributed by atoms with Crippen molar-refractivity contribution in [3.05, 3.63) is 188 Å². The number of para-hydroxylation sites is 1. The fraction of sp³-hybridized carbons (Fsp3) is 0. The molecule has 11 aromatic rings. The number of nitrogens with zero attached hydrogens (tertiary/aromatic N) is 3. The molecule has 262 valence electrons. The summed E-state index contributed by atoms with van der Waals surface area (Å²) in [5.41, 5.74) is 11.3. The molecule has 0 unspecified atom stereocenters.